The Morgan fingerprint density at radius 3 is 2.69 bits per heavy atom. The molecule has 0 aromatic heterocycles. The number of fused-ring (bicyclic) bond motifs is 3. The molecule has 16 heavy (non-hydrogen) atoms. The van der Waals surface area contributed by atoms with Gasteiger partial charge in [0.1, 0.15) is 0 Å². The third-order valence-corrected chi connectivity index (χ3v) is 3.17. The van der Waals surface area contributed by atoms with E-state index in [0.29, 0.717) is 6.61 Å². The molecule has 0 spiro atoms. The van der Waals surface area contributed by atoms with Gasteiger partial charge in [-0.05, 0) is 40.3 Å². The second-order valence-corrected chi connectivity index (χ2v) is 4.26. The third kappa shape index (κ3) is 1.44. The van der Waals surface area contributed by atoms with Crippen molar-refractivity contribution in [2.75, 3.05) is 7.11 Å². The van der Waals surface area contributed by atoms with E-state index in [1.165, 1.54) is 27.8 Å². The van der Waals surface area contributed by atoms with Crippen molar-refractivity contribution in [3.63, 3.8) is 0 Å². The van der Waals surface area contributed by atoms with Crippen molar-refractivity contribution in [1.29, 1.82) is 0 Å². The first-order chi connectivity index (χ1) is 7.88. The first-order valence-electron chi connectivity index (χ1n) is 5.57. The van der Waals surface area contributed by atoms with Gasteiger partial charge in [-0.15, -0.1) is 0 Å². The van der Waals surface area contributed by atoms with Crippen LogP contribution in [0.25, 0.3) is 11.1 Å². The molecule has 1 nitrogen and oxygen atoms in total. The molecule has 0 N–H and O–H groups in total. The lowest BCUT2D eigenvalue weighted by molar-refractivity contribution is 0.185. The highest BCUT2D eigenvalue weighted by molar-refractivity contribution is 5.77. The maximum atomic E-state index is 5.18. The second-order valence-electron chi connectivity index (χ2n) is 4.26. The molecule has 0 saturated carbocycles. The monoisotopic (exact) mass is 210 g/mol. The molecular weight excluding hydrogens is 196 g/mol. The molecule has 2 aromatic rings. The second kappa shape index (κ2) is 3.76. The van der Waals surface area contributed by atoms with Crippen LogP contribution in [0.5, 0.6) is 0 Å². The van der Waals surface area contributed by atoms with E-state index in [-0.39, 0.29) is 0 Å². The van der Waals surface area contributed by atoms with E-state index in [4.69, 9.17) is 4.74 Å². The molecule has 0 bridgehead atoms. The summed E-state index contributed by atoms with van der Waals surface area (Å²) in [5, 5.41) is 0. The molecule has 0 unspecified atom stereocenters. The smallest absolute Gasteiger partial charge is 0.0713 e. The predicted molar refractivity (Wildman–Crippen MR) is 65.4 cm³/mol. The standard InChI is InChI=1S/C15H14O/c1-16-10-11-6-7-13-9-12-4-2-3-5-14(12)15(13)8-11/h2-8H,9-10H2,1H3. The van der Waals surface area contributed by atoms with Crippen LogP contribution in [0.3, 0.4) is 0 Å². The van der Waals surface area contributed by atoms with E-state index in [0.717, 1.165) is 6.42 Å². The largest absolute Gasteiger partial charge is 0.380 e. The maximum absolute atomic E-state index is 5.18. The first kappa shape index (κ1) is 9.61. The van der Waals surface area contributed by atoms with Crippen LogP contribution in [0.1, 0.15) is 16.7 Å². The summed E-state index contributed by atoms with van der Waals surface area (Å²) in [5.74, 6) is 0. The molecular formula is C15H14O. The molecule has 1 aliphatic carbocycles. The third-order valence-electron chi connectivity index (χ3n) is 3.17. The Hall–Kier alpha value is -1.60. The van der Waals surface area contributed by atoms with Crippen LogP contribution in [0.4, 0.5) is 0 Å². The zero-order chi connectivity index (χ0) is 11.0. The highest BCUT2D eigenvalue weighted by Gasteiger charge is 2.17. The lowest BCUT2D eigenvalue weighted by Crippen LogP contribution is -1.89. The van der Waals surface area contributed by atoms with Crippen molar-refractivity contribution in [3.05, 3.63) is 59.2 Å². The number of methoxy groups -OCH3 is 1. The van der Waals surface area contributed by atoms with Crippen molar-refractivity contribution in [3.8, 4) is 11.1 Å². The molecule has 1 aliphatic rings. The normalized spacial score (nSPS) is 12.3. The molecule has 0 atom stereocenters. The summed E-state index contributed by atoms with van der Waals surface area (Å²) in [4.78, 5) is 0. The average Bonchev–Trinajstić information content (AvgIpc) is 2.68. The van der Waals surface area contributed by atoms with E-state index in [9.17, 15) is 0 Å². The highest BCUT2D eigenvalue weighted by atomic mass is 16.5. The molecule has 1 heteroatoms. The molecule has 0 radical (unpaired) electrons. The minimum atomic E-state index is 0.690. The van der Waals surface area contributed by atoms with Gasteiger partial charge in [-0.2, -0.15) is 0 Å². The highest BCUT2D eigenvalue weighted by Crippen LogP contribution is 2.36. The van der Waals surface area contributed by atoms with E-state index in [2.05, 4.69) is 42.5 Å². The summed E-state index contributed by atoms with van der Waals surface area (Å²) in [7, 11) is 1.74. The molecule has 0 heterocycles. The van der Waals surface area contributed by atoms with E-state index in [1.807, 2.05) is 0 Å². The van der Waals surface area contributed by atoms with Gasteiger partial charge in [0, 0.05) is 7.11 Å². The average molecular weight is 210 g/mol. The lowest BCUT2D eigenvalue weighted by Gasteiger charge is -2.04. The minimum Gasteiger partial charge on any atom is -0.380 e. The number of benzene rings is 2. The van der Waals surface area contributed by atoms with Crippen LogP contribution >= 0.6 is 0 Å². The lowest BCUT2D eigenvalue weighted by atomic mass is 10.0. The number of ether oxygens (including phenoxy) is 1. The summed E-state index contributed by atoms with van der Waals surface area (Å²) in [6, 6.07) is 15.3. The molecule has 0 aliphatic heterocycles. The van der Waals surface area contributed by atoms with Crippen LogP contribution in [-0.2, 0) is 17.8 Å². The Morgan fingerprint density at radius 2 is 1.81 bits per heavy atom. The van der Waals surface area contributed by atoms with Gasteiger partial charge in [0.15, 0.2) is 0 Å². The summed E-state index contributed by atoms with van der Waals surface area (Å²) in [6.45, 7) is 0.690. The van der Waals surface area contributed by atoms with Gasteiger partial charge in [-0.25, -0.2) is 0 Å². The van der Waals surface area contributed by atoms with Crippen LogP contribution in [-0.4, -0.2) is 7.11 Å². The van der Waals surface area contributed by atoms with Gasteiger partial charge in [0.05, 0.1) is 6.61 Å². The Kier molecular flexibility index (Phi) is 2.26. The van der Waals surface area contributed by atoms with Crippen molar-refractivity contribution in [1.82, 2.24) is 0 Å². The summed E-state index contributed by atoms with van der Waals surface area (Å²) in [6.07, 6.45) is 1.07. The zero-order valence-electron chi connectivity index (χ0n) is 9.36. The van der Waals surface area contributed by atoms with Crippen LogP contribution in [0, 0.1) is 0 Å². The SMILES string of the molecule is COCc1ccc2c(c1)-c1ccccc1C2. The van der Waals surface area contributed by atoms with Gasteiger partial charge in [-0.1, -0.05) is 36.4 Å². The molecule has 3 rings (SSSR count). The Labute approximate surface area is 95.7 Å². The van der Waals surface area contributed by atoms with Crippen LogP contribution < -0.4 is 0 Å². The topological polar surface area (TPSA) is 9.23 Å². The fourth-order valence-electron chi connectivity index (χ4n) is 2.43. The summed E-state index contributed by atoms with van der Waals surface area (Å²) in [5.41, 5.74) is 6.88. The Bertz CT molecular complexity index is 529. The van der Waals surface area contributed by atoms with Gasteiger partial charge >= 0.3 is 0 Å². The number of hydrogen-bond acceptors (Lipinski definition) is 1. The quantitative estimate of drug-likeness (QED) is 0.630. The fraction of sp³-hybridized carbons (Fsp3) is 0.200. The van der Waals surface area contributed by atoms with Crippen LogP contribution in [0.2, 0.25) is 0 Å². The van der Waals surface area contributed by atoms with E-state index < -0.39 is 0 Å². The minimum absolute atomic E-state index is 0.690. The summed E-state index contributed by atoms with van der Waals surface area (Å²) >= 11 is 0. The van der Waals surface area contributed by atoms with Crippen LogP contribution in [0.15, 0.2) is 42.5 Å². The number of rotatable bonds is 2. The maximum Gasteiger partial charge on any atom is 0.0713 e. The molecule has 0 saturated heterocycles. The Balaban J connectivity index is 2.11. The van der Waals surface area contributed by atoms with Gasteiger partial charge in [0.25, 0.3) is 0 Å². The van der Waals surface area contributed by atoms with Gasteiger partial charge in [-0.3, -0.25) is 0 Å². The van der Waals surface area contributed by atoms with Gasteiger partial charge in [0.2, 0.25) is 0 Å². The Morgan fingerprint density at radius 1 is 1.00 bits per heavy atom. The first-order valence-corrected chi connectivity index (χ1v) is 5.57. The fourth-order valence-corrected chi connectivity index (χ4v) is 2.43. The predicted octanol–water partition coefficient (Wildman–Crippen LogP) is 3.40. The molecule has 0 amide bonds. The van der Waals surface area contributed by atoms with E-state index in [1.54, 1.807) is 7.11 Å². The van der Waals surface area contributed by atoms with Crippen molar-refractivity contribution >= 4 is 0 Å². The molecule has 80 valence electrons. The zero-order valence-corrected chi connectivity index (χ0v) is 9.36. The molecule has 0 fully saturated rings. The van der Waals surface area contributed by atoms with Crippen molar-refractivity contribution < 1.29 is 4.74 Å². The van der Waals surface area contributed by atoms with Crippen molar-refractivity contribution in [2.24, 2.45) is 0 Å². The summed E-state index contributed by atoms with van der Waals surface area (Å²) < 4.78 is 5.18. The van der Waals surface area contributed by atoms with E-state index >= 15 is 0 Å². The van der Waals surface area contributed by atoms with Gasteiger partial charge < -0.3 is 4.74 Å². The molecule has 2 aromatic carbocycles. The number of hydrogen-bond donors (Lipinski definition) is 0. The van der Waals surface area contributed by atoms with Crippen molar-refractivity contribution in [2.45, 2.75) is 13.0 Å².